The number of carbonyl (C=O) groups is 1. The number of aliphatic hydroxyl groups is 1. The van der Waals surface area contributed by atoms with Crippen molar-refractivity contribution < 1.29 is 14.6 Å². The number of aliphatic hydroxyl groups excluding tert-OH is 1. The van der Waals surface area contributed by atoms with E-state index >= 15 is 0 Å². The molecular weight excluding hydrogens is 276 g/mol. The van der Waals surface area contributed by atoms with Crippen LogP contribution in [0.25, 0.3) is 11.6 Å². The van der Waals surface area contributed by atoms with Gasteiger partial charge in [0.15, 0.2) is 0 Å². The predicted octanol–water partition coefficient (Wildman–Crippen LogP) is 3.29. The lowest BCUT2D eigenvalue weighted by Crippen LogP contribution is -2.33. The van der Waals surface area contributed by atoms with Crippen molar-refractivity contribution in [2.24, 2.45) is 0 Å². The quantitative estimate of drug-likeness (QED) is 0.698. The average Bonchev–Trinajstić information content (AvgIpc) is 2.53. The third-order valence-corrected chi connectivity index (χ3v) is 3.74. The van der Waals surface area contributed by atoms with Gasteiger partial charge in [0.1, 0.15) is 6.10 Å². The minimum absolute atomic E-state index is 0.0733. The van der Waals surface area contributed by atoms with Crippen molar-refractivity contribution in [3.63, 3.8) is 0 Å². The van der Waals surface area contributed by atoms with Crippen LogP contribution in [-0.4, -0.2) is 23.3 Å². The molecule has 1 saturated heterocycles. The summed E-state index contributed by atoms with van der Waals surface area (Å²) in [6.07, 6.45) is 1.46. The highest BCUT2D eigenvalue weighted by Crippen LogP contribution is 2.30. The second-order valence-electron chi connectivity index (χ2n) is 5.45. The van der Waals surface area contributed by atoms with Crippen molar-refractivity contribution >= 4 is 17.6 Å². The molecule has 2 unspecified atom stereocenters. The largest absolute Gasteiger partial charge is 0.457 e. The first-order valence-corrected chi connectivity index (χ1v) is 7.42. The molecule has 22 heavy (non-hydrogen) atoms. The Bertz CT molecular complexity index is 662. The summed E-state index contributed by atoms with van der Waals surface area (Å²) in [7, 11) is 0. The minimum atomic E-state index is -0.644. The van der Waals surface area contributed by atoms with Gasteiger partial charge in [-0.3, -0.25) is 4.79 Å². The number of benzene rings is 2. The zero-order valence-corrected chi connectivity index (χ0v) is 12.2. The molecule has 1 fully saturated rings. The molecule has 1 heterocycles. The maximum Gasteiger partial charge on any atom is 0.309 e. The molecule has 1 aliphatic heterocycles. The van der Waals surface area contributed by atoms with Crippen LogP contribution >= 0.6 is 0 Å². The summed E-state index contributed by atoms with van der Waals surface area (Å²) >= 11 is 0. The van der Waals surface area contributed by atoms with Crippen molar-refractivity contribution in [1.29, 1.82) is 0 Å². The number of hydrogen-bond donors (Lipinski definition) is 1. The number of ether oxygens (including phenoxy) is 1. The van der Waals surface area contributed by atoms with E-state index in [1.807, 2.05) is 66.7 Å². The minimum Gasteiger partial charge on any atom is -0.457 e. The molecule has 0 amide bonds. The van der Waals surface area contributed by atoms with E-state index in [4.69, 9.17) is 4.74 Å². The lowest BCUT2D eigenvalue weighted by Gasteiger charge is -2.28. The predicted molar refractivity (Wildman–Crippen MR) is 85.9 cm³/mol. The summed E-state index contributed by atoms with van der Waals surface area (Å²) in [5.41, 5.74) is 2.95. The Hall–Kier alpha value is -2.39. The zero-order valence-electron chi connectivity index (χ0n) is 12.2. The summed E-state index contributed by atoms with van der Waals surface area (Å²) in [6, 6.07) is 19.7. The van der Waals surface area contributed by atoms with E-state index in [2.05, 4.69) is 0 Å². The van der Waals surface area contributed by atoms with Gasteiger partial charge >= 0.3 is 5.97 Å². The number of rotatable bonds is 3. The highest BCUT2D eigenvalue weighted by Gasteiger charge is 2.30. The monoisotopic (exact) mass is 294 g/mol. The van der Waals surface area contributed by atoms with E-state index in [-0.39, 0.29) is 12.4 Å². The van der Waals surface area contributed by atoms with Crippen molar-refractivity contribution in [1.82, 2.24) is 0 Å². The fourth-order valence-electron chi connectivity index (χ4n) is 2.69. The number of hydrogen-bond acceptors (Lipinski definition) is 3. The summed E-state index contributed by atoms with van der Waals surface area (Å²) in [5.74, 6) is -0.348. The van der Waals surface area contributed by atoms with Gasteiger partial charge < -0.3 is 9.84 Å². The first-order chi connectivity index (χ1) is 10.7. The summed E-state index contributed by atoms with van der Waals surface area (Å²) in [4.78, 5) is 11.7. The molecule has 3 nitrogen and oxygen atoms in total. The molecule has 2 aromatic carbocycles. The molecule has 0 saturated carbocycles. The Morgan fingerprint density at radius 1 is 1.05 bits per heavy atom. The zero-order chi connectivity index (χ0) is 15.4. The van der Waals surface area contributed by atoms with E-state index in [1.54, 1.807) is 0 Å². The van der Waals surface area contributed by atoms with Gasteiger partial charge in [-0.05, 0) is 17.2 Å². The lowest BCUT2D eigenvalue weighted by molar-refractivity contribution is -0.155. The maximum absolute atomic E-state index is 11.7. The van der Waals surface area contributed by atoms with Crippen LogP contribution in [0.3, 0.4) is 0 Å². The van der Waals surface area contributed by atoms with E-state index in [0.717, 1.165) is 16.7 Å². The normalized spacial score (nSPS) is 22.2. The van der Waals surface area contributed by atoms with Gasteiger partial charge in [0, 0.05) is 12.0 Å². The van der Waals surface area contributed by atoms with Crippen LogP contribution in [0.4, 0.5) is 0 Å². The van der Waals surface area contributed by atoms with Gasteiger partial charge in [-0.25, -0.2) is 0 Å². The molecule has 3 rings (SSSR count). The van der Waals surface area contributed by atoms with E-state index in [9.17, 15) is 9.90 Å². The first kappa shape index (κ1) is 14.5. The second kappa shape index (κ2) is 6.58. The molecular formula is C19H18O3. The van der Waals surface area contributed by atoms with Crippen LogP contribution in [0.1, 0.15) is 24.0 Å². The topological polar surface area (TPSA) is 46.5 Å². The lowest BCUT2D eigenvalue weighted by atomic mass is 9.92. The Balaban J connectivity index is 2.00. The fourth-order valence-corrected chi connectivity index (χ4v) is 2.69. The Kier molecular flexibility index (Phi) is 4.35. The van der Waals surface area contributed by atoms with Crippen molar-refractivity contribution in [3.8, 4) is 0 Å². The van der Waals surface area contributed by atoms with E-state index < -0.39 is 12.2 Å². The molecule has 2 aromatic rings. The van der Waals surface area contributed by atoms with Crippen LogP contribution in [0.5, 0.6) is 0 Å². The smallest absolute Gasteiger partial charge is 0.309 e. The molecule has 1 aliphatic rings. The Labute approximate surface area is 129 Å². The molecule has 1 N–H and O–H groups in total. The van der Waals surface area contributed by atoms with Crippen LogP contribution in [-0.2, 0) is 9.53 Å². The standard InChI is InChI=1S/C19H18O3/c20-16-12-18(22-19(21)13-16)17(15-9-5-2-6-10-15)11-14-7-3-1-4-8-14/h1-11,16,18,20H,12-13H2/b17-11-. The SMILES string of the molecule is O=C1CC(O)CC(/C(=C\c2ccccc2)c2ccccc2)O1. The molecule has 0 radical (unpaired) electrons. The van der Waals surface area contributed by atoms with Crippen LogP contribution < -0.4 is 0 Å². The summed E-state index contributed by atoms with van der Waals surface area (Å²) in [6.45, 7) is 0. The van der Waals surface area contributed by atoms with Crippen LogP contribution in [0, 0.1) is 0 Å². The maximum atomic E-state index is 11.7. The highest BCUT2D eigenvalue weighted by molar-refractivity contribution is 5.86. The number of esters is 1. The number of cyclic esters (lactones) is 1. The Morgan fingerprint density at radius 2 is 1.68 bits per heavy atom. The van der Waals surface area contributed by atoms with E-state index in [0.29, 0.717) is 6.42 Å². The average molecular weight is 294 g/mol. The molecule has 0 aliphatic carbocycles. The number of carbonyl (C=O) groups excluding carboxylic acids is 1. The van der Waals surface area contributed by atoms with Crippen LogP contribution in [0.2, 0.25) is 0 Å². The van der Waals surface area contributed by atoms with Gasteiger partial charge in [-0.1, -0.05) is 60.7 Å². The van der Waals surface area contributed by atoms with Gasteiger partial charge in [0.25, 0.3) is 0 Å². The third kappa shape index (κ3) is 3.43. The van der Waals surface area contributed by atoms with Crippen molar-refractivity contribution in [2.45, 2.75) is 25.0 Å². The van der Waals surface area contributed by atoms with Crippen molar-refractivity contribution in [3.05, 3.63) is 71.8 Å². The summed E-state index contributed by atoms with van der Waals surface area (Å²) in [5, 5.41) is 9.88. The van der Waals surface area contributed by atoms with Gasteiger partial charge in [0.2, 0.25) is 0 Å². The third-order valence-electron chi connectivity index (χ3n) is 3.74. The second-order valence-corrected chi connectivity index (χ2v) is 5.45. The molecule has 0 aromatic heterocycles. The van der Waals surface area contributed by atoms with Gasteiger partial charge in [-0.15, -0.1) is 0 Å². The van der Waals surface area contributed by atoms with E-state index in [1.165, 1.54) is 0 Å². The highest BCUT2D eigenvalue weighted by atomic mass is 16.5. The molecule has 0 spiro atoms. The molecule has 2 atom stereocenters. The molecule has 3 heteroatoms. The fraction of sp³-hybridized carbons (Fsp3) is 0.211. The summed E-state index contributed by atoms with van der Waals surface area (Å²) < 4.78 is 5.48. The molecule has 0 bridgehead atoms. The van der Waals surface area contributed by atoms with Gasteiger partial charge in [-0.2, -0.15) is 0 Å². The van der Waals surface area contributed by atoms with Crippen molar-refractivity contribution in [2.75, 3.05) is 0 Å². The van der Waals surface area contributed by atoms with Gasteiger partial charge in [0.05, 0.1) is 12.5 Å². The first-order valence-electron chi connectivity index (χ1n) is 7.42. The Morgan fingerprint density at radius 3 is 2.32 bits per heavy atom. The van der Waals surface area contributed by atoms with Crippen LogP contribution in [0.15, 0.2) is 60.7 Å². The molecule has 112 valence electrons.